The molecule has 37 heavy (non-hydrogen) atoms. The first-order chi connectivity index (χ1) is 17.6. The highest BCUT2D eigenvalue weighted by Crippen LogP contribution is 2.52. The summed E-state index contributed by atoms with van der Waals surface area (Å²) in [6.07, 6.45) is 1.87. The SMILES string of the molecule is CC(C)(C)N1C(=O)C2C(c3cccc4ccccc34)NC(Cc3c[nH]c4ccccc34)(C(=O)O)C2C1=O. The van der Waals surface area contributed by atoms with Gasteiger partial charge in [-0.05, 0) is 48.7 Å². The average molecular weight is 496 g/mol. The standard InChI is InChI=1S/C30H29N3O4/c1-29(2,3)33-26(34)23-24(27(33)35)30(28(36)37,15-18-16-31-22-14-7-6-12-20(18)22)32-25(23)21-13-8-10-17-9-4-5-11-19(17)21/h4-14,16,23-25,31-32H,15H2,1-3H3,(H,36,37). The number of likely N-dealkylation sites (tertiary alicyclic amines) is 1. The first-order valence-electron chi connectivity index (χ1n) is 12.6. The molecule has 0 spiro atoms. The van der Waals surface area contributed by atoms with Crippen LogP contribution >= 0.6 is 0 Å². The number of fused-ring (bicyclic) bond motifs is 3. The number of carbonyl (C=O) groups excluding carboxylic acids is 2. The Balaban J connectivity index is 1.56. The predicted octanol–water partition coefficient (Wildman–Crippen LogP) is 4.43. The molecule has 2 saturated heterocycles. The van der Waals surface area contributed by atoms with Gasteiger partial charge in [-0.1, -0.05) is 60.7 Å². The van der Waals surface area contributed by atoms with Crippen molar-refractivity contribution >= 4 is 39.5 Å². The Bertz CT molecular complexity index is 1580. The summed E-state index contributed by atoms with van der Waals surface area (Å²) in [5, 5.41) is 17.0. The Hall–Kier alpha value is -3.97. The molecule has 6 rings (SSSR count). The Morgan fingerprint density at radius 2 is 1.62 bits per heavy atom. The number of imide groups is 1. The molecule has 2 amide bonds. The third-order valence-electron chi connectivity index (χ3n) is 8.01. The number of hydrogen-bond donors (Lipinski definition) is 3. The minimum atomic E-state index is -1.66. The Labute approximate surface area is 214 Å². The number of hydrogen-bond acceptors (Lipinski definition) is 4. The van der Waals surface area contributed by atoms with Crippen LogP contribution in [0.2, 0.25) is 0 Å². The molecule has 0 saturated carbocycles. The van der Waals surface area contributed by atoms with E-state index >= 15 is 0 Å². The number of rotatable bonds is 4. The maximum Gasteiger partial charge on any atom is 0.325 e. The smallest absolute Gasteiger partial charge is 0.325 e. The number of amides is 2. The molecule has 2 aliphatic rings. The van der Waals surface area contributed by atoms with Crippen LogP contribution < -0.4 is 5.32 Å². The second kappa shape index (κ2) is 8.02. The number of carbonyl (C=O) groups is 3. The van der Waals surface area contributed by atoms with Gasteiger partial charge in [-0.15, -0.1) is 0 Å². The van der Waals surface area contributed by atoms with Crippen LogP contribution in [0.15, 0.2) is 72.9 Å². The number of carboxylic acids is 1. The molecule has 0 bridgehead atoms. The lowest BCUT2D eigenvalue weighted by atomic mass is 9.76. The fourth-order valence-corrected chi connectivity index (χ4v) is 6.47. The van der Waals surface area contributed by atoms with Crippen molar-refractivity contribution in [2.75, 3.05) is 0 Å². The maximum atomic E-state index is 14.0. The summed E-state index contributed by atoms with van der Waals surface area (Å²) >= 11 is 0. The topological polar surface area (TPSA) is 102 Å². The van der Waals surface area contributed by atoms with Gasteiger partial charge in [-0.3, -0.25) is 24.6 Å². The van der Waals surface area contributed by atoms with Crippen molar-refractivity contribution < 1.29 is 19.5 Å². The average Bonchev–Trinajstić information content (AvgIpc) is 3.51. The molecule has 3 heterocycles. The van der Waals surface area contributed by atoms with E-state index in [-0.39, 0.29) is 12.3 Å². The predicted molar refractivity (Wildman–Crippen MR) is 141 cm³/mol. The molecular formula is C30H29N3O4. The molecule has 7 heteroatoms. The summed E-state index contributed by atoms with van der Waals surface area (Å²) in [6, 6.07) is 20.7. The van der Waals surface area contributed by atoms with Crippen molar-refractivity contribution in [3.63, 3.8) is 0 Å². The van der Waals surface area contributed by atoms with E-state index in [2.05, 4.69) is 10.3 Å². The first kappa shape index (κ1) is 23.4. The van der Waals surface area contributed by atoms with Gasteiger partial charge in [0.15, 0.2) is 0 Å². The molecule has 4 aromatic rings. The minimum absolute atomic E-state index is 0.0613. The molecule has 4 unspecified atom stereocenters. The van der Waals surface area contributed by atoms with Crippen LogP contribution in [0.3, 0.4) is 0 Å². The van der Waals surface area contributed by atoms with E-state index in [1.807, 2.05) is 87.5 Å². The molecule has 3 N–H and O–H groups in total. The van der Waals surface area contributed by atoms with Gasteiger partial charge in [0.05, 0.1) is 11.8 Å². The third kappa shape index (κ3) is 3.34. The van der Waals surface area contributed by atoms with Gasteiger partial charge in [-0.25, -0.2) is 0 Å². The Morgan fingerprint density at radius 1 is 0.946 bits per heavy atom. The molecule has 3 aromatic carbocycles. The van der Waals surface area contributed by atoms with Gasteiger partial charge < -0.3 is 10.1 Å². The van der Waals surface area contributed by atoms with Crippen LogP contribution in [0, 0.1) is 11.8 Å². The zero-order valence-electron chi connectivity index (χ0n) is 21.0. The number of benzene rings is 3. The van der Waals surface area contributed by atoms with Gasteiger partial charge >= 0.3 is 5.97 Å². The molecule has 0 aliphatic carbocycles. The van der Waals surface area contributed by atoms with Crippen LogP contribution in [-0.4, -0.2) is 43.9 Å². The maximum absolute atomic E-state index is 14.0. The summed E-state index contributed by atoms with van der Waals surface area (Å²) < 4.78 is 0. The van der Waals surface area contributed by atoms with Crippen LogP contribution in [0.4, 0.5) is 0 Å². The molecule has 2 fully saturated rings. The van der Waals surface area contributed by atoms with Crippen molar-refractivity contribution in [2.24, 2.45) is 11.8 Å². The molecule has 1 aromatic heterocycles. The number of aliphatic carboxylic acids is 1. The van der Waals surface area contributed by atoms with Crippen LogP contribution in [0.25, 0.3) is 21.7 Å². The summed E-state index contributed by atoms with van der Waals surface area (Å²) in [7, 11) is 0. The highest BCUT2D eigenvalue weighted by Gasteiger charge is 2.69. The zero-order valence-corrected chi connectivity index (χ0v) is 21.0. The quantitative estimate of drug-likeness (QED) is 0.364. The summed E-state index contributed by atoms with van der Waals surface area (Å²) in [5.74, 6) is -3.77. The second-order valence-corrected chi connectivity index (χ2v) is 11.2. The van der Waals surface area contributed by atoms with E-state index in [4.69, 9.17) is 0 Å². The van der Waals surface area contributed by atoms with Crippen molar-refractivity contribution in [2.45, 2.75) is 44.3 Å². The van der Waals surface area contributed by atoms with Crippen molar-refractivity contribution in [1.29, 1.82) is 0 Å². The monoisotopic (exact) mass is 495 g/mol. The van der Waals surface area contributed by atoms with Gasteiger partial charge in [0.25, 0.3) is 0 Å². The highest BCUT2D eigenvalue weighted by molar-refractivity contribution is 6.10. The number of para-hydroxylation sites is 1. The fraction of sp³-hybridized carbons (Fsp3) is 0.300. The van der Waals surface area contributed by atoms with Crippen LogP contribution in [0.1, 0.15) is 37.9 Å². The molecular weight excluding hydrogens is 466 g/mol. The van der Waals surface area contributed by atoms with E-state index in [1.54, 1.807) is 6.20 Å². The fourth-order valence-electron chi connectivity index (χ4n) is 6.47. The van der Waals surface area contributed by atoms with E-state index in [9.17, 15) is 19.5 Å². The number of aromatic nitrogens is 1. The zero-order chi connectivity index (χ0) is 26.1. The lowest BCUT2D eigenvalue weighted by Gasteiger charge is -2.35. The van der Waals surface area contributed by atoms with E-state index in [1.165, 1.54) is 4.90 Å². The lowest BCUT2D eigenvalue weighted by Crippen LogP contribution is -2.58. The summed E-state index contributed by atoms with van der Waals surface area (Å²) in [4.78, 5) is 45.7. The molecule has 0 radical (unpaired) electrons. The highest BCUT2D eigenvalue weighted by atomic mass is 16.4. The van der Waals surface area contributed by atoms with E-state index in [0.717, 1.165) is 32.8 Å². The van der Waals surface area contributed by atoms with E-state index < -0.39 is 40.8 Å². The number of aromatic amines is 1. The van der Waals surface area contributed by atoms with Gasteiger partial charge in [-0.2, -0.15) is 0 Å². The second-order valence-electron chi connectivity index (χ2n) is 11.2. The summed E-state index contributed by atoms with van der Waals surface area (Å²) in [6.45, 7) is 5.44. The lowest BCUT2D eigenvalue weighted by molar-refractivity contribution is -0.153. The Kier molecular flexibility index (Phi) is 5.08. The van der Waals surface area contributed by atoms with Gasteiger partial charge in [0.1, 0.15) is 5.54 Å². The van der Waals surface area contributed by atoms with Crippen LogP contribution in [0.5, 0.6) is 0 Å². The number of H-pyrrole nitrogens is 1. The van der Waals surface area contributed by atoms with Crippen molar-refractivity contribution in [3.8, 4) is 0 Å². The largest absolute Gasteiger partial charge is 0.480 e. The van der Waals surface area contributed by atoms with Gasteiger partial charge in [0, 0.05) is 35.1 Å². The molecule has 7 nitrogen and oxygen atoms in total. The number of carboxylic acid groups (broad SMARTS) is 1. The minimum Gasteiger partial charge on any atom is -0.480 e. The van der Waals surface area contributed by atoms with E-state index in [0.29, 0.717) is 0 Å². The number of nitrogens with one attached hydrogen (secondary N) is 2. The third-order valence-corrected chi connectivity index (χ3v) is 8.01. The van der Waals surface area contributed by atoms with Crippen molar-refractivity contribution in [3.05, 3.63) is 84.1 Å². The molecule has 4 atom stereocenters. The van der Waals surface area contributed by atoms with Crippen LogP contribution in [-0.2, 0) is 20.8 Å². The number of nitrogens with zero attached hydrogens (tertiary/aromatic N) is 1. The first-order valence-corrected chi connectivity index (χ1v) is 12.6. The molecule has 2 aliphatic heterocycles. The van der Waals surface area contributed by atoms with Gasteiger partial charge in [0.2, 0.25) is 11.8 Å². The Morgan fingerprint density at radius 3 is 2.35 bits per heavy atom. The van der Waals surface area contributed by atoms with Crippen molar-refractivity contribution in [1.82, 2.24) is 15.2 Å². The summed E-state index contributed by atoms with van der Waals surface area (Å²) in [5.41, 5.74) is 0.0734. The normalized spacial score (nSPS) is 25.8. The molecule has 188 valence electrons.